The molecule has 1 aliphatic rings. The van der Waals surface area contributed by atoms with Crippen molar-refractivity contribution in [2.75, 3.05) is 11.5 Å². The van der Waals surface area contributed by atoms with Crippen molar-refractivity contribution in [3.05, 3.63) is 36.5 Å². The summed E-state index contributed by atoms with van der Waals surface area (Å²) < 4.78 is 51.1. The summed E-state index contributed by atoms with van der Waals surface area (Å²) in [5.41, 5.74) is 0.876. The third kappa shape index (κ3) is 3.52. The van der Waals surface area contributed by atoms with Crippen molar-refractivity contribution in [1.29, 1.82) is 0 Å². The lowest BCUT2D eigenvalue weighted by atomic mass is 10.2. The number of benzene rings is 1. The molecule has 0 amide bonds. The summed E-state index contributed by atoms with van der Waals surface area (Å²) in [5.74, 6) is -0.253. The highest BCUT2D eigenvalue weighted by Crippen LogP contribution is 2.29. The van der Waals surface area contributed by atoms with Gasteiger partial charge in [-0.05, 0) is 32.4 Å². The number of pyridine rings is 1. The fourth-order valence-corrected chi connectivity index (χ4v) is 6.36. The first-order chi connectivity index (χ1) is 11.7. The molecule has 134 valence electrons. The van der Waals surface area contributed by atoms with Gasteiger partial charge in [0, 0.05) is 17.3 Å². The van der Waals surface area contributed by atoms with Crippen LogP contribution in [0.25, 0.3) is 10.9 Å². The summed E-state index contributed by atoms with van der Waals surface area (Å²) >= 11 is 0. The van der Waals surface area contributed by atoms with Gasteiger partial charge in [0.1, 0.15) is 4.90 Å². The zero-order valence-corrected chi connectivity index (χ0v) is 15.6. The Bertz CT molecular complexity index is 1040. The predicted octanol–water partition coefficient (Wildman–Crippen LogP) is 1.81. The van der Waals surface area contributed by atoms with Gasteiger partial charge in [0.05, 0.1) is 23.1 Å². The zero-order chi connectivity index (χ0) is 18.2. The van der Waals surface area contributed by atoms with Gasteiger partial charge < -0.3 is 0 Å². The van der Waals surface area contributed by atoms with Crippen LogP contribution in [0.15, 0.2) is 46.5 Å². The van der Waals surface area contributed by atoms with Crippen molar-refractivity contribution in [3.8, 4) is 0 Å². The lowest BCUT2D eigenvalue weighted by molar-refractivity contribution is 0.355. The average molecular weight is 381 g/mol. The Morgan fingerprint density at radius 3 is 2.60 bits per heavy atom. The molecule has 1 atom stereocenters. The summed E-state index contributed by atoms with van der Waals surface area (Å²) in [6.07, 6.45) is 1.76. The molecule has 0 N–H and O–H groups in total. The van der Waals surface area contributed by atoms with Crippen LogP contribution in [0.4, 0.5) is 0 Å². The van der Waals surface area contributed by atoms with E-state index in [-0.39, 0.29) is 22.8 Å². The first-order valence-corrected chi connectivity index (χ1v) is 11.1. The Kier molecular flexibility index (Phi) is 4.54. The van der Waals surface area contributed by atoms with Gasteiger partial charge in [-0.25, -0.2) is 8.42 Å². The van der Waals surface area contributed by atoms with Gasteiger partial charge in [-0.1, -0.05) is 18.2 Å². The molecular weight excluding hydrogens is 362 g/mol. The van der Waals surface area contributed by atoms with Crippen LogP contribution >= 0.6 is 0 Å². The van der Waals surface area contributed by atoms with Crippen LogP contribution < -0.4 is 0 Å². The minimum Gasteiger partial charge on any atom is -0.255 e. The molecule has 0 bridgehead atoms. The molecule has 1 aromatic carbocycles. The van der Waals surface area contributed by atoms with Crippen molar-refractivity contribution in [2.24, 2.45) is 5.10 Å². The first-order valence-electron chi connectivity index (χ1n) is 7.81. The van der Waals surface area contributed by atoms with Crippen LogP contribution in [0.1, 0.15) is 20.3 Å². The third-order valence-electron chi connectivity index (χ3n) is 3.94. The van der Waals surface area contributed by atoms with E-state index in [1.807, 2.05) is 0 Å². The molecule has 2 aromatic rings. The van der Waals surface area contributed by atoms with E-state index >= 15 is 0 Å². The second-order valence-electron chi connectivity index (χ2n) is 6.21. The third-order valence-corrected chi connectivity index (χ3v) is 7.45. The van der Waals surface area contributed by atoms with E-state index in [0.717, 1.165) is 4.41 Å². The molecule has 1 fully saturated rings. The molecule has 0 spiro atoms. The summed E-state index contributed by atoms with van der Waals surface area (Å²) in [6.45, 7) is 3.35. The van der Waals surface area contributed by atoms with E-state index in [1.54, 1.807) is 38.1 Å². The maximum atomic E-state index is 13.3. The highest BCUT2D eigenvalue weighted by molar-refractivity contribution is 7.92. The van der Waals surface area contributed by atoms with Crippen molar-refractivity contribution in [3.63, 3.8) is 0 Å². The standard InChI is InChI=1S/C16H19N3O4S2/c1-12(2)18-19(14-8-10-24(20,21)11-14)25(22,23)15-7-3-5-13-6-4-9-17-16(13)15/h3-7,9,14H,8,10-11H2,1-2H3/t14-/m0/s1. The second-order valence-corrected chi connectivity index (χ2v) is 10.2. The van der Waals surface area contributed by atoms with Crippen molar-refractivity contribution >= 4 is 36.5 Å². The number of rotatable bonds is 4. The highest BCUT2D eigenvalue weighted by atomic mass is 32.2. The van der Waals surface area contributed by atoms with Gasteiger partial charge in [0.15, 0.2) is 9.84 Å². The van der Waals surface area contributed by atoms with Crippen molar-refractivity contribution in [2.45, 2.75) is 31.2 Å². The second kappa shape index (κ2) is 6.38. The predicted molar refractivity (Wildman–Crippen MR) is 96.6 cm³/mol. The molecule has 0 unspecified atom stereocenters. The van der Waals surface area contributed by atoms with E-state index < -0.39 is 25.9 Å². The molecular formula is C16H19N3O4S2. The van der Waals surface area contributed by atoms with E-state index in [1.165, 1.54) is 12.3 Å². The minimum absolute atomic E-state index is 0.0277. The fraction of sp³-hybridized carbons (Fsp3) is 0.375. The van der Waals surface area contributed by atoms with Gasteiger partial charge in [-0.3, -0.25) is 4.98 Å². The largest absolute Gasteiger partial charge is 0.281 e. The summed E-state index contributed by atoms with van der Waals surface area (Å²) in [5, 5.41) is 4.84. The Morgan fingerprint density at radius 2 is 1.96 bits per heavy atom. The maximum Gasteiger partial charge on any atom is 0.281 e. The number of hydrogen-bond donors (Lipinski definition) is 0. The first kappa shape index (κ1) is 17.8. The van der Waals surface area contributed by atoms with Crippen LogP contribution in [0, 0.1) is 0 Å². The molecule has 1 saturated heterocycles. The molecule has 25 heavy (non-hydrogen) atoms. The fourth-order valence-electron chi connectivity index (χ4n) is 2.86. The van der Waals surface area contributed by atoms with Crippen molar-refractivity contribution < 1.29 is 16.8 Å². The van der Waals surface area contributed by atoms with Crippen LogP contribution in [0.3, 0.4) is 0 Å². The Morgan fingerprint density at radius 1 is 1.24 bits per heavy atom. The van der Waals surface area contributed by atoms with Crippen LogP contribution in [-0.2, 0) is 19.9 Å². The van der Waals surface area contributed by atoms with Gasteiger partial charge in [0.25, 0.3) is 10.0 Å². The molecule has 1 aromatic heterocycles. The van der Waals surface area contributed by atoms with Crippen molar-refractivity contribution in [1.82, 2.24) is 9.40 Å². The highest BCUT2D eigenvalue weighted by Gasteiger charge is 2.39. The molecule has 0 saturated carbocycles. The van der Waals surface area contributed by atoms with Gasteiger partial charge in [-0.15, -0.1) is 0 Å². The molecule has 7 nitrogen and oxygen atoms in total. The van der Waals surface area contributed by atoms with E-state index in [2.05, 4.69) is 10.1 Å². The van der Waals surface area contributed by atoms with Gasteiger partial charge in [0.2, 0.25) is 0 Å². The molecule has 0 radical (unpaired) electrons. The SMILES string of the molecule is CC(C)=NN([C@H]1CCS(=O)(=O)C1)S(=O)(=O)c1cccc2cccnc12. The van der Waals surface area contributed by atoms with E-state index in [4.69, 9.17) is 0 Å². The number of fused-ring (bicyclic) bond motifs is 1. The monoisotopic (exact) mass is 381 g/mol. The van der Waals surface area contributed by atoms with Gasteiger partial charge >= 0.3 is 0 Å². The lowest BCUT2D eigenvalue weighted by Gasteiger charge is -2.25. The smallest absolute Gasteiger partial charge is 0.255 e. The molecule has 0 aliphatic carbocycles. The topological polar surface area (TPSA) is 96.8 Å². The molecule has 3 rings (SSSR count). The quantitative estimate of drug-likeness (QED) is 0.594. The number of aromatic nitrogens is 1. The molecule has 1 aliphatic heterocycles. The number of hydrazone groups is 1. The number of hydrogen-bond acceptors (Lipinski definition) is 6. The van der Waals surface area contributed by atoms with E-state index in [0.29, 0.717) is 16.6 Å². The number of sulfone groups is 1. The Hall–Kier alpha value is -2.00. The zero-order valence-electron chi connectivity index (χ0n) is 14.0. The summed E-state index contributed by atoms with van der Waals surface area (Å²) in [4.78, 5) is 4.22. The maximum absolute atomic E-state index is 13.3. The van der Waals surface area contributed by atoms with Crippen LogP contribution in [0.2, 0.25) is 0 Å². The normalized spacial score (nSPS) is 19.7. The lowest BCUT2D eigenvalue weighted by Crippen LogP contribution is -2.37. The minimum atomic E-state index is -4.04. The summed E-state index contributed by atoms with van der Waals surface area (Å²) in [7, 11) is -7.29. The average Bonchev–Trinajstić information content (AvgIpc) is 2.91. The Balaban J connectivity index is 2.15. The summed E-state index contributed by atoms with van der Waals surface area (Å²) in [6, 6.07) is 7.70. The van der Waals surface area contributed by atoms with Crippen LogP contribution in [0.5, 0.6) is 0 Å². The number of sulfonamides is 1. The molecule has 2 heterocycles. The van der Waals surface area contributed by atoms with E-state index in [9.17, 15) is 16.8 Å². The van der Waals surface area contributed by atoms with Crippen LogP contribution in [-0.4, -0.2) is 49.5 Å². The number of para-hydroxylation sites is 1. The molecule has 9 heteroatoms. The van der Waals surface area contributed by atoms with Gasteiger partial charge in [-0.2, -0.15) is 17.9 Å². The number of nitrogens with zero attached hydrogens (tertiary/aromatic N) is 3. The Labute approximate surface area is 147 Å².